The molecule has 0 bridgehead atoms. The molecule has 2 aromatic rings. The third-order valence-corrected chi connectivity index (χ3v) is 9.09. The fourth-order valence-corrected chi connectivity index (χ4v) is 6.40. The van der Waals surface area contributed by atoms with E-state index in [1.165, 1.54) is 32.1 Å². The summed E-state index contributed by atoms with van der Waals surface area (Å²) in [5.74, 6) is 1.01. The Morgan fingerprint density at radius 1 is 0.969 bits per heavy atom. The number of halogens is 1. The highest BCUT2D eigenvalue weighted by molar-refractivity contribution is 7.89. The molecule has 8 nitrogen and oxygen atoms in total. The second-order valence-electron chi connectivity index (χ2n) is 8.85. The van der Waals surface area contributed by atoms with Gasteiger partial charge >= 0.3 is 0 Å². The molecule has 0 spiro atoms. The molecule has 3 heterocycles. The fraction of sp³-hybridized carbons (Fsp3) is 0.619. The van der Waals surface area contributed by atoms with Gasteiger partial charge in [-0.3, -0.25) is 9.47 Å². The Bertz CT molecular complexity index is 1110. The van der Waals surface area contributed by atoms with E-state index in [0.29, 0.717) is 43.9 Å². The molecule has 0 N–H and O–H groups in total. The summed E-state index contributed by atoms with van der Waals surface area (Å²) in [6.45, 7) is 4.85. The molecular weight excluding hydrogens is 468 g/mol. The lowest BCUT2D eigenvalue weighted by Gasteiger charge is -2.33. The van der Waals surface area contributed by atoms with E-state index in [1.807, 2.05) is 4.68 Å². The van der Waals surface area contributed by atoms with E-state index in [9.17, 15) is 8.42 Å². The highest BCUT2D eigenvalue weighted by atomic mass is 35.5. The van der Waals surface area contributed by atoms with E-state index in [0.717, 1.165) is 23.8 Å². The summed E-state index contributed by atoms with van der Waals surface area (Å²) in [4.78, 5) is 4.89. The Hall–Kier alpha value is -1.46. The standard InChI is InChI=1S/C21H29ClN6O2S2/c22-17-4-8-19(9-5-17)32(29,30)26-14-12-24(13-15-26)16-27-21(31)28(18-6-7-18)20(23-27)25-10-2-1-3-11-25/h4-5,8-9,18H,1-3,6-7,10-16H2. The van der Waals surface area contributed by atoms with E-state index in [1.54, 1.807) is 28.6 Å². The number of aromatic nitrogens is 3. The third-order valence-electron chi connectivity index (χ3n) is 6.52. The molecule has 1 saturated carbocycles. The van der Waals surface area contributed by atoms with Gasteiger partial charge in [-0.1, -0.05) is 11.6 Å². The van der Waals surface area contributed by atoms with Crippen molar-refractivity contribution in [1.82, 2.24) is 23.6 Å². The van der Waals surface area contributed by atoms with Crippen LogP contribution in [0.25, 0.3) is 0 Å². The zero-order valence-corrected chi connectivity index (χ0v) is 20.5. The predicted molar refractivity (Wildman–Crippen MR) is 127 cm³/mol. The number of anilines is 1. The molecule has 1 aromatic heterocycles. The van der Waals surface area contributed by atoms with Crippen molar-refractivity contribution in [2.75, 3.05) is 44.2 Å². The molecule has 2 saturated heterocycles. The second-order valence-corrected chi connectivity index (χ2v) is 11.6. The quantitative estimate of drug-likeness (QED) is 0.571. The van der Waals surface area contributed by atoms with E-state index >= 15 is 0 Å². The molecule has 3 aliphatic rings. The van der Waals surface area contributed by atoms with Gasteiger partial charge in [0, 0.05) is 50.3 Å². The Kier molecular flexibility index (Phi) is 6.32. The van der Waals surface area contributed by atoms with Crippen molar-refractivity contribution in [3.05, 3.63) is 34.1 Å². The first-order valence-corrected chi connectivity index (χ1v) is 13.6. The summed E-state index contributed by atoms with van der Waals surface area (Å²) in [5, 5.41) is 5.46. The van der Waals surface area contributed by atoms with Crippen LogP contribution in [-0.2, 0) is 16.7 Å². The number of rotatable bonds is 6. The first kappa shape index (κ1) is 22.3. The second kappa shape index (κ2) is 9.06. The van der Waals surface area contributed by atoms with Crippen LogP contribution in [-0.4, -0.2) is 71.2 Å². The predicted octanol–water partition coefficient (Wildman–Crippen LogP) is 3.36. The normalized spacial score (nSPS) is 21.2. The minimum absolute atomic E-state index is 0.284. The molecule has 1 aromatic carbocycles. The van der Waals surface area contributed by atoms with Crippen LogP contribution in [0.1, 0.15) is 38.1 Å². The van der Waals surface area contributed by atoms with E-state index in [-0.39, 0.29) is 4.90 Å². The van der Waals surface area contributed by atoms with Gasteiger partial charge in [-0.15, -0.1) is 5.10 Å². The summed E-state index contributed by atoms with van der Waals surface area (Å²) < 4.78 is 32.4. The summed E-state index contributed by atoms with van der Waals surface area (Å²) in [7, 11) is -3.51. The third kappa shape index (κ3) is 4.48. The number of piperazine rings is 1. The molecule has 3 fully saturated rings. The van der Waals surface area contributed by atoms with Crippen LogP contribution in [0.5, 0.6) is 0 Å². The number of piperidine rings is 1. The molecule has 0 atom stereocenters. The summed E-state index contributed by atoms with van der Waals surface area (Å²) in [6.07, 6.45) is 6.03. The fourth-order valence-electron chi connectivity index (χ4n) is 4.52. The SMILES string of the molecule is O=S(=O)(c1ccc(Cl)cc1)N1CCN(Cn2nc(N3CCCCC3)n(C3CC3)c2=S)CC1. The molecular formula is C21H29ClN6O2S2. The van der Waals surface area contributed by atoms with Gasteiger partial charge in [-0.05, 0) is 68.6 Å². The molecule has 0 radical (unpaired) electrons. The van der Waals surface area contributed by atoms with Crippen molar-refractivity contribution in [1.29, 1.82) is 0 Å². The molecule has 0 amide bonds. The van der Waals surface area contributed by atoms with Crippen LogP contribution in [0.3, 0.4) is 0 Å². The molecule has 32 heavy (non-hydrogen) atoms. The lowest BCUT2D eigenvalue weighted by atomic mass is 10.1. The topological polar surface area (TPSA) is 66.6 Å². The summed E-state index contributed by atoms with van der Waals surface area (Å²) >= 11 is 11.7. The van der Waals surface area contributed by atoms with Gasteiger partial charge in [0.05, 0.1) is 11.6 Å². The molecule has 174 valence electrons. The smallest absolute Gasteiger partial charge is 0.243 e. The first-order valence-electron chi connectivity index (χ1n) is 11.4. The number of benzene rings is 1. The largest absolute Gasteiger partial charge is 0.341 e. The number of hydrogen-bond donors (Lipinski definition) is 0. The first-order chi connectivity index (χ1) is 15.4. The van der Waals surface area contributed by atoms with Crippen molar-refractivity contribution in [2.24, 2.45) is 0 Å². The monoisotopic (exact) mass is 496 g/mol. The van der Waals surface area contributed by atoms with Gasteiger partial charge in [0.15, 0.2) is 0 Å². The molecule has 2 aliphatic heterocycles. The van der Waals surface area contributed by atoms with Gasteiger partial charge in [0.1, 0.15) is 0 Å². The lowest BCUT2D eigenvalue weighted by molar-refractivity contribution is 0.144. The molecule has 11 heteroatoms. The van der Waals surface area contributed by atoms with Crippen LogP contribution in [0.2, 0.25) is 5.02 Å². The minimum Gasteiger partial charge on any atom is -0.341 e. The van der Waals surface area contributed by atoms with Crippen LogP contribution in [0.4, 0.5) is 5.95 Å². The molecule has 5 rings (SSSR count). The van der Waals surface area contributed by atoms with E-state index in [2.05, 4.69) is 14.4 Å². The van der Waals surface area contributed by atoms with Crippen molar-refractivity contribution in [3.63, 3.8) is 0 Å². The maximum Gasteiger partial charge on any atom is 0.243 e. The number of nitrogens with zero attached hydrogens (tertiary/aromatic N) is 6. The average molecular weight is 497 g/mol. The van der Waals surface area contributed by atoms with Crippen molar-refractivity contribution >= 4 is 39.8 Å². The zero-order valence-electron chi connectivity index (χ0n) is 18.1. The highest BCUT2D eigenvalue weighted by Crippen LogP contribution is 2.38. The summed E-state index contributed by atoms with van der Waals surface area (Å²) in [6, 6.07) is 6.84. The Balaban J connectivity index is 1.27. The highest BCUT2D eigenvalue weighted by Gasteiger charge is 2.32. The average Bonchev–Trinajstić information content (AvgIpc) is 3.59. The summed E-state index contributed by atoms with van der Waals surface area (Å²) in [5.41, 5.74) is 0. The lowest BCUT2D eigenvalue weighted by Crippen LogP contribution is -2.48. The van der Waals surface area contributed by atoms with Crippen molar-refractivity contribution < 1.29 is 8.42 Å². The van der Waals surface area contributed by atoms with Crippen LogP contribution >= 0.6 is 23.8 Å². The molecule has 0 unspecified atom stereocenters. The molecule has 1 aliphatic carbocycles. The van der Waals surface area contributed by atoms with E-state index in [4.69, 9.17) is 28.9 Å². The van der Waals surface area contributed by atoms with Crippen LogP contribution in [0, 0.1) is 4.77 Å². The van der Waals surface area contributed by atoms with Crippen molar-refractivity contribution in [2.45, 2.75) is 49.7 Å². The van der Waals surface area contributed by atoms with Crippen molar-refractivity contribution in [3.8, 4) is 0 Å². The van der Waals surface area contributed by atoms with E-state index < -0.39 is 10.0 Å². The van der Waals surface area contributed by atoms with Crippen LogP contribution in [0.15, 0.2) is 29.2 Å². The van der Waals surface area contributed by atoms with Gasteiger partial charge in [0.25, 0.3) is 0 Å². The number of sulfonamides is 1. The van der Waals surface area contributed by atoms with Crippen LogP contribution < -0.4 is 4.90 Å². The Morgan fingerprint density at radius 2 is 1.62 bits per heavy atom. The van der Waals surface area contributed by atoms with Gasteiger partial charge in [-0.25, -0.2) is 13.1 Å². The van der Waals surface area contributed by atoms with Gasteiger partial charge in [0.2, 0.25) is 20.7 Å². The zero-order chi connectivity index (χ0) is 22.3. The maximum atomic E-state index is 12.9. The minimum atomic E-state index is -3.51. The van der Waals surface area contributed by atoms with Gasteiger partial charge < -0.3 is 4.90 Å². The maximum absolute atomic E-state index is 12.9. The Morgan fingerprint density at radius 3 is 2.25 bits per heavy atom. The Labute approximate surface area is 199 Å². The van der Waals surface area contributed by atoms with Gasteiger partial charge in [-0.2, -0.15) is 4.31 Å². The number of hydrogen-bond acceptors (Lipinski definition) is 6.